The summed E-state index contributed by atoms with van der Waals surface area (Å²) in [6.45, 7) is 31.1. The van der Waals surface area contributed by atoms with Gasteiger partial charge in [-0.05, 0) is 169 Å². The number of piperazine rings is 5. The Hall–Kier alpha value is -12.3. The van der Waals surface area contributed by atoms with E-state index in [0.29, 0.717) is 137 Å². The first kappa shape index (κ1) is 118. The number of benzene rings is 2. The third-order valence-corrected chi connectivity index (χ3v) is 23.3. The van der Waals surface area contributed by atoms with Crippen LogP contribution in [0.5, 0.6) is 17.6 Å². The number of carbonyl (C=O) groups excluding carboxylic acids is 5. The van der Waals surface area contributed by atoms with Crippen molar-refractivity contribution in [2.75, 3.05) is 163 Å². The second-order valence-corrected chi connectivity index (χ2v) is 37.6. The Balaban J connectivity index is 0.000000214. The molecule has 5 aliphatic heterocycles. The van der Waals surface area contributed by atoms with Crippen LogP contribution in [0.4, 0.5) is 111 Å². The molecule has 11 aromatic rings. The number of aromatic nitrogens is 14. The first-order chi connectivity index (χ1) is 70.0. The van der Waals surface area contributed by atoms with Crippen molar-refractivity contribution in [1.82, 2.24) is 93.9 Å². The minimum absolute atomic E-state index is 0.00462. The van der Waals surface area contributed by atoms with Crippen LogP contribution >= 0.6 is 93.4 Å². The summed E-state index contributed by atoms with van der Waals surface area (Å²) in [5.41, 5.74) is -4.86. The van der Waals surface area contributed by atoms with Crippen molar-refractivity contribution in [3.05, 3.63) is 194 Å². The van der Waals surface area contributed by atoms with Crippen LogP contribution in [0.1, 0.15) is 108 Å². The predicted molar refractivity (Wildman–Crippen MR) is 527 cm³/mol. The van der Waals surface area contributed by atoms with E-state index >= 15 is 0 Å². The lowest BCUT2D eigenvalue weighted by atomic mass is 10.1. The number of aliphatic imine (C=N–C) groups is 1. The monoisotopic (exact) mass is 2230 g/mol. The Labute approximate surface area is 873 Å². The molecule has 0 spiro atoms. The number of halogens is 16. The van der Waals surface area contributed by atoms with Gasteiger partial charge < -0.3 is 88.7 Å². The van der Waals surface area contributed by atoms with Crippen LogP contribution in [0.3, 0.4) is 0 Å². The number of rotatable bonds is 16. The summed E-state index contributed by atoms with van der Waals surface area (Å²) in [5.74, 6) is 4.25. The van der Waals surface area contributed by atoms with Gasteiger partial charge in [0.25, 0.3) is 17.6 Å². The molecule has 5 aliphatic rings. The number of carbonyl (C=O) groups is 4. The molecule has 4 N–H and O–H groups in total. The zero-order valence-corrected chi connectivity index (χ0v) is 86.5. The van der Waals surface area contributed by atoms with Gasteiger partial charge in [0, 0.05) is 186 Å². The summed E-state index contributed by atoms with van der Waals surface area (Å²) in [4.78, 5) is 91.1. The van der Waals surface area contributed by atoms with Gasteiger partial charge in [-0.3, -0.25) is 24.3 Å². The second-order valence-electron chi connectivity index (χ2n) is 33.9. The molecule has 0 atom stereocenters. The molecule has 5 amide bonds. The van der Waals surface area contributed by atoms with E-state index in [2.05, 4.69) is 94.4 Å². The van der Waals surface area contributed by atoms with E-state index in [1.54, 1.807) is 88.5 Å². The van der Waals surface area contributed by atoms with Gasteiger partial charge >= 0.3 is 49.0 Å². The standard InChI is InChI=1S/C21H18F6N6O2S.C17H23N5O3S.C12H15N5OS.C11H17ClN4O2S.C9H3F6NO.C9H18N2O2.C6H7NO.C2Cl2N2S.CH3F/c22-20(23,24)14-9-15(21(25,26)27)11-16(10-14)29-19(34)33-7-5-32(6-8-33)17-18(31-36-30-17)35-12-13-1-3-28-4-2-13;1-17(2,3)25-16(23)22-10-8-21(9-11-22)14-15(20-26-19-14)24-12-13-4-6-18-7-5-13;1-3-13-4-2-10(1)9-18-12-11(15-19-16-12)17-7-5-14-6-8-17;1-11(2,3)18-10(17)16-6-4-15(5-7-16)9-8(12)13-19-14-9;10-8(11,12)5-1-6(9(13,14)15)3-7(2-5)16-4-17;1-9(2,3)13-8(12)11-6-4-10-5-7-11;8-5-6-1-3-7-4-2-6;3-1-2(4)6-7-5-1;1-2/h1-4,9-11H,5-8,12H2,(H,29,34);4-7H,8-12H2,1-3H3;1-4,14H,5-9H2;4-7H2,1-3H3;1-3H;10H,4-7H2,1-3H3;1-4,8H,5H2;;1H3/i;;;;;;;;1D. The second kappa shape index (κ2) is 57.9. The highest BCUT2D eigenvalue weighted by Gasteiger charge is 2.40. The zero-order chi connectivity index (χ0) is 108. The molecule has 14 heterocycles. The fraction of sp³-hybridized carbons (Fsp3) is 0.466. The summed E-state index contributed by atoms with van der Waals surface area (Å²) < 4.78 is 242. The number of pyridine rings is 4. The van der Waals surface area contributed by atoms with E-state index in [1.165, 1.54) is 16.6 Å². The largest absolute Gasteiger partial charge is 0.470 e. The van der Waals surface area contributed by atoms with E-state index in [9.17, 15) is 81.0 Å². The van der Waals surface area contributed by atoms with Crippen molar-refractivity contribution in [2.45, 2.75) is 130 Å². The number of amides is 5. The van der Waals surface area contributed by atoms with E-state index in [0.717, 1.165) is 139 Å². The highest BCUT2D eigenvalue weighted by atomic mass is 35.5. The molecule has 2 aromatic carbocycles. The van der Waals surface area contributed by atoms with Crippen molar-refractivity contribution in [3.63, 3.8) is 0 Å². The van der Waals surface area contributed by atoms with E-state index in [1.807, 2.05) is 96.4 Å². The molecule has 9 aromatic heterocycles. The van der Waals surface area contributed by atoms with Gasteiger partial charge in [-0.25, -0.2) is 24.0 Å². The average molecular weight is 2230 g/mol. The number of isocyanates is 1. The number of ether oxygens (including phenoxy) is 6. The number of alkyl halides is 13. The van der Waals surface area contributed by atoms with E-state index < -0.39 is 82.7 Å². The molecule has 38 nitrogen and oxygen atoms in total. The SMILES string of the molecule is CC(C)(C)OC(=O)N1CCN(c2nsnc2Cl)CC1.CC(C)(C)OC(=O)N1CCN(c2nsnc2OCc2ccncc2)CC1.CC(C)(C)OC(=O)N1CCNCC1.Clc1nsnc1Cl.O=C(Nc1cc(C(F)(F)F)cc(C(F)(F)F)c1)N1CCN(c2nsnc2OCc2ccncc2)CC1.O=C=Nc1cc(C(F)(F)F)cc(C(F)(F)F)c1.OCc1ccncc1.[2H]CF.c1cc(COc2nsnc2N2CCNCC2)ccn1. The molecule has 16 rings (SSSR count). The number of urea groups is 1. The van der Waals surface area contributed by atoms with Crippen LogP contribution in [0, 0.1) is 0 Å². The number of hydrogen-bond acceptors (Lipinski definition) is 38. The maximum absolute atomic E-state index is 13.1. The Bertz CT molecular complexity index is 5800. The number of aliphatic hydroxyl groups excluding tert-OH is 1. The minimum atomic E-state index is -5.01. The zero-order valence-electron chi connectivity index (χ0n) is 81.2. The molecule has 147 heavy (non-hydrogen) atoms. The molecule has 0 bridgehead atoms. The quantitative estimate of drug-likeness (QED) is 0.0302. The molecular formula is C88H104Cl3F13N26O12S5. The predicted octanol–water partition coefficient (Wildman–Crippen LogP) is 18.2. The van der Waals surface area contributed by atoms with Crippen LogP contribution in [0.25, 0.3) is 0 Å². The van der Waals surface area contributed by atoms with Crippen molar-refractivity contribution in [2.24, 2.45) is 4.99 Å². The van der Waals surface area contributed by atoms with Gasteiger partial charge in [0.1, 0.15) is 36.6 Å². The first-order valence-electron chi connectivity index (χ1n) is 44.8. The normalized spacial score (nSPS) is 14.5. The molecule has 59 heteroatoms. The molecule has 5 fully saturated rings. The topological polar surface area (TPSA) is 416 Å². The first-order valence-corrected chi connectivity index (χ1v) is 48.9. The van der Waals surface area contributed by atoms with Crippen LogP contribution in [0.2, 0.25) is 15.5 Å². The van der Waals surface area contributed by atoms with Gasteiger partial charge in [0.05, 0.1) is 102 Å². The van der Waals surface area contributed by atoms with Gasteiger partial charge in [0.15, 0.2) is 21.3 Å². The molecule has 0 radical (unpaired) electrons. The molecule has 0 saturated carbocycles. The van der Waals surface area contributed by atoms with Gasteiger partial charge in [-0.2, -0.15) is 88.3 Å². The fourth-order valence-electron chi connectivity index (χ4n) is 12.6. The molecule has 0 aliphatic carbocycles. The van der Waals surface area contributed by atoms with Gasteiger partial charge in [-0.15, -0.1) is 13.1 Å². The number of nitrogens with zero attached hydrogens (tertiary/aromatic N) is 23. The fourth-order valence-corrected chi connectivity index (χ4v) is 15.7. The molecule has 5 saturated heterocycles. The van der Waals surface area contributed by atoms with Crippen LogP contribution in [-0.2, 0) is 70.1 Å². The van der Waals surface area contributed by atoms with Crippen molar-refractivity contribution in [1.29, 1.82) is 0 Å². The van der Waals surface area contributed by atoms with E-state index in [4.69, 9.17) is 69.7 Å². The van der Waals surface area contributed by atoms with Crippen molar-refractivity contribution < 1.29 is 116 Å². The summed E-state index contributed by atoms with van der Waals surface area (Å²) in [6.07, 6.45) is -6.22. The minimum Gasteiger partial charge on any atom is -0.470 e. The maximum Gasteiger partial charge on any atom is 0.416 e. The molecular weight excluding hydrogens is 2130 g/mol. The third kappa shape index (κ3) is 42.1. The lowest BCUT2D eigenvalue weighted by Gasteiger charge is -2.35. The van der Waals surface area contributed by atoms with Crippen LogP contribution in [-0.4, -0.2) is 274 Å². The lowest BCUT2D eigenvalue weighted by molar-refractivity contribution is -0.144. The Morgan fingerprint density at radius 1 is 0.395 bits per heavy atom. The highest BCUT2D eigenvalue weighted by Crippen LogP contribution is 2.41. The van der Waals surface area contributed by atoms with Crippen LogP contribution in [0.15, 0.2) is 139 Å². The van der Waals surface area contributed by atoms with Crippen molar-refractivity contribution >= 4 is 158 Å². The number of anilines is 5. The Morgan fingerprint density at radius 2 is 0.667 bits per heavy atom. The van der Waals surface area contributed by atoms with E-state index in [-0.39, 0.29) is 72.6 Å². The van der Waals surface area contributed by atoms with Gasteiger partial charge in [0.2, 0.25) is 23.5 Å². The Kier molecular flexibility index (Phi) is 46.6. The number of hydrogen-bond donors (Lipinski definition) is 4. The third-order valence-electron chi connectivity index (χ3n) is 19.6. The Morgan fingerprint density at radius 3 is 0.952 bits per heavy atom. The van der Waals surface area contributed by atoms with Crippen molar-refractivity contribution in [3.8, 4) is 17.6 Å². The summed E-state index contributed by atoms with van der Waals surface area (Å²) in [6, 6.07) is 15.6. The summed E-state index contributed by atoms with van der Waals surface area (Å²) in [7, 11) is -1.00. The summed E-state index contributed by atoms with van der Waals surface area (Å²) >= 11 is 22.0. The van der Waals surface area contributed by atoms with Crippen LogP contribution < -0.4 is 49.8 Å². The average Bonchev–Trinajstić information content (AvgIpc) is 1.25. The number of aliphatic hydroxyl groups is 1. The smallest absolute Gasteiger partial charge is 0.416 e. The lowest BCUT2D eigenvalue weighted by Crippen LogP contribution is -2.50. The van der Waals surface area contributed by atoms with Gasteiger partial charge in [-0.1, -0.05) is 34.8 Å². The molecule has 800 valence electrons. The number of nitrogens with one attached hydrogen (secondary N) is 3. The summed E-state index contributed by atoms with van der Waals surface area (Å²) in [5, 5.41) is 18.2. The molecule has 0 unspecified atom stereocenters. The highest BCUT2D eigenvalue weighted by molar-refractivity contribution is 7.00. The maximum atomic E-state index is 13.1.